The quantitative estimate of drug-likeness (QED) is 0.884. The van der Waals surface area contributed by atoms with Gasteiger partial charge in [-0.3, -0.25) is 4.79 Å². The number of amides is 1. The first kappa shape index (κ1) is 12.6. The van der Waals surface area contributed by atoms with Crippen LogP contribution in [0.1, 0.15) is 36.0 Å². The summed E-state index contributed by atoms with van der Waals surface area (Å²) in [6.45, 7) is 0. The highest BCUT2D eigenvalue weighted by Gasteiger charge is 2.24. The zero-order valence-corrected chi connectivity index (χ0v) is 11.6. The minimum absolute atomic E-state index is 0.0137. The van der Waals surface area contributed by atoms with E-state index in [1.165, 1.54) is 6.42 Å². The topological polar surface area (TPSA) is 55.1 Å². The number of nitrogens with one attached hydrogen (secondary N) is 1. The first-order valence-corrected chi connectivity index (χ1v) is 7.66. The lowest BCUT2D eigenvalue weighted by atomic mass is 9.91. The van der Waals surface area contributed by atoms with Gasteiger partial charge in [0.05, 0.1) is 5.56 Å². The predicted molar refractivity (Wildman–Crippen MR) is 79.5 cm³/mol. The molecule has 1 aliphatic rings. The average molecular weight is 274 g/mol. The Balaban J connectivity index is 1.80. The molecule has 1 aromatic heterocycles. The summed E-state index contributed by atoms with van der Waals surface area (Å²) in [6, 6.07) is 8.24. The van der Waals surface area contributed by atoms with Gasteiger partial charge in [-0.15, -0.1) is 11.3 Å². The minimum Gasteiger partial charge on any atom is -0.348 e. The van der Waals surface area contributed by atoms with Crippen LogP contribution in [-0.2, 0) is 0 Å². The number of hydrogen-bond donors (Lipinski definition) is 2. The van der Waals surface area contributed by atoms with Gasteiger partial charge in [0.1, 0.15) is 0 Å². The van der Waals surface area contributed by atoms with Gasteiger partial charge in [0.15, 0.2) is 0 Å². The van der Waals surface area contributed by atoms with Crippen molar-refractivity contribution in [3.63, 3.8) is 0 Å². The zero-order valence-electron chi connectivity index (χ0n) is 10.8. The molecule has 0 bridgehead atoms. The fourth-order valence-electron chi connectivity index (χ4n) is 2.74. The second-order valence-electron chi connectivity index (χ2n) is 5.17. The molecule has 2 atom stereocenters. The fraction of sp³-hybridized carbons (Fsp3) is 0.400. The van der Waals surface area contributed by atoms with Crippen LogP contribution >= 0.6 is 11.3 Å². The Morgan fingerprint density at radius 1 is 1.26 bits per heavy atom. The molecule has 3 nitrogen and oxygen atoms in total. The molecule has 1 aromatic carbocycles. The van der Waals surface area contributed by atoms with Crippen molar-refractivity contribution in [1.29, 1.82) is 0 Å². The van der Waals surface area contributed by atoms with Crippen LogP contribution in [0.15, 0.2) is 29.6 Å². The molecular weight excluding hydrogens is 256 g/mol. The molecule has 4 heteroatoms. The van der Waals surface area contributed by atoms with Crippen molar-refractivity contribution in [2.24, 2.45) is 5.73 Å². The number of carbonyl (C=O) groups is 1. The summed E-state index contributed by atoms with van der Waals surface area (Å²) in [5.74, 6) is 0.0137. The first-order chi connectivity index (χ1) is 9.25. The van der Waals surface area contributed by atoms with E-state index in [1.807, 2.05) is 29.6 Å². The molecule has 0 radical (unpaired) electrons. The average Bonchev–Trinajstić information content (AvgIpc) is 2.85. The Hall–Kier alpha value is -1.39. The third kappa shape index (κ3) is 2.51. The summed E-state index contributed by atoms with van der Waals surface area (Å²) < 4.78 is 1.15. The van der Waals surface area contributed by atoms with E-state index < -0.39 is 0 Å². The van der Waals surface area contributed by atoms with E-state index in [4.69, 9.17) is 5.73 Å². The summed E-state index contributed by atoms with van der Waals surface area (Å²) in [7, 11) is 0. The van der Waals surface area contributed by atoms with Gasteiger partial charge in [-0.2, -0.15) is 0 Å². The summed E-state index contributed by atoms with van der Waals surface area (Å²) >= 11 is 1.61. The maximum Gasteiger partial charge on any atom is 0.253 e. The summed E-state index contributed by atoms with van der Waals surface area (Å²) in [5.41, 5.74) is 6.86. The van der Waals surface area contributed by atoms with E-state index in [2.05, 4.69) is 5.32 Å². The maximum absolute atomic E-state index is 12.4. The molecule has 0 spiro atoms. The number of rotatable bonds is 2. The third-order valence-corrected chi connectivity index (χ3v) is 4.82. The Bertz CT molecular complexity index is 593. The highest BCUT2D eigenvalue weighted by molar-refractivity contribution is 7.17. The second kappa shape index (κ2) is 5.31. The maximum atomic E-state index is 12.4. The Morgan fingerprint density at radius 2 is 2.05 bits per heavy atom. The van der Waals surface area contributed by atoms with E-state index in [9.17, 15) is 4.79 Å². The monoisotopic (exact) mass is 274 g/mol. The van der Waals surface area contributed by atoms with Gasteiger partial charge in [-0.1, -0.05) is 31.0 Å². The van der Waals surface area contributed by atoms with E-state index in [0.29, 0.717) is 0 Å². The van der Waals surface area contributed by atoms with Gasteiger partial charge in [-0.25, -0.2) is 0 Å². The van der Waals surface area contributed by atoms with Crippen molar-refractivity contribution in [3.8, 4) is 0 Å². The molecule has 0 saturated heterocycles. The highest BCUT2D eigenvalue weighted by atomic mass is 32.1. The molecule has 1 heterocycles. The molecule has 1 saturated carbocycles. The standard InChI is InChI=1S/C15H18N2OS/c16-12-6-2-3-7-13(12)17-15(18)11-9-19-14-8-4-1-5-10(11)14/h1,4-5,8-9,12-13H,2-3,6-7,16H2,(H,17,18)/t12-,13-/m1/s1. The molecular formula is C15H18N2OS. The van der Waals surface area contributed by atoms with Crippen molar-refractivity contribution in [3.05, 3.63) is 35.2 Å². The van der Waals surface area contributed by atoms with E-state index >= 15 is 0 Å². The van der Waals surface area contributed by atoms with Crippen molar-refractivity contribution in [2.75, 3.05) is 0 Å². The summed E-state index contributed by atoms with van der Waals surface area (Å²) in [4.78, 5) is 12.4. The van der Waals surface area contributed by atoms with Crippen molar-refractivity contribution in [2.45, 2.75) is 37.8 Å². The summed E-state index contributed by atoms with van der Waals surface area (Å²) in [5, 5.41) is 6.08. The second-order valence-corrected chi connectivity index (χ2v) is 6.09. The molecule has 100 valence electrons. The van der Waals surface area contributed by atoms with Crippen LogP contribution in [-0.4, -0.2) is 18.0 Å². The number of hydrogen-bond acceptors (Lipinski definition) is 3. The number of benzene rings is 1. The predicted octanol–water partition coefficient (Wildman–Crippen LogP) is 2.90. The number of carbonyl (C=O) groups excluding carboxylic acids is 1. The van der Waals surface area contributed by atoms with E-state index in [1.54, 1.807) is 11.3 Å². The Labute approximate surface area is 116 Å². The molecule has 1 amide bonds. The summed E-state index contributed by atoms with van der Waals surface area (Å²) in [6.07, 6.45) is 4.34. The molecule has 19 heavy (non-hydrogen) atoms. The van der Waals surface area contributed by atoms with Crippen LogP contribution < -0.4 is 11.1 Å². The van der Waals surface area contributed by atoms with Gasteiger partial charge >= 0.3 is 0 Å². The molecule has 0 aliphatic heterocycles. The lowest BCUT2D eigenvalue weighted by Gasteiger charge is -2.29. The van der Waals surface area contributed by atoms with Gasteiger partial charge < -0.3 is 11.1 Å². The van der Waals surface area contributed by atoms with Gasteiger partial charge in [0.2, 0.25) is 0 Å². The first-order valence-electron chi connectivity index (χ1n) is 6.78. The largest absolute Gasteiger partial charge is 0.348 e. The molecule has 2 aromatic rings. The zero-order chi connectivity index (χ0) is 13.2. The fourth-order valence-corrected chi connectivity index (χ4v) is 3.68. The van der Waals surface area contributed by atoms with Crippen molar-refractivity contribution >= 4 is 27.3 Å². The lowest BCUT2D eigenvalue weighted by molar-refractivity contribution is 0.0923. The third-order valence-electron chi connectivity index (χ3n) is 3.86. The number of fused-ring (bicyclic) bond motifs is 1. The van der Waals surface area contributed by atoms with E-state index in [0.717, 1.165) is 34.9 Å². The molecule has 1 aliphatic carbocycles. The van der Waals surface area contributed by atoms with Gasteiger partial charge in [-0.05, 0) is 18.9 Å². The van der Waals surface area contributed by atoms with Crippen LogP contribution in [0.3, 0.4) is 0 Å². The van der Waals surface area contributed by atoms with Crippen LogP contribution in [0.5, 0.6) is 0 Å². The highest BCUT2D eigenvalue weighted by Crippen LogP contribution is 2.26. The van der Waals surface area contributed by atoms with Crippen LogP contribution in [0.4, 0.5) is 0 Å². The Morgan fingerprint density at radius 3 is 2.89 bits per heavy atom. The molecule has 0 unspecified atom stereocenters. The van der Waals surface area contributed by atoms with Crippen LogP contribution in [0.25, 0.3) is 10.1 Å². The number of thiophene rings is 1. The molecule has 1 fully saturated rings. The normalized spacial score (nSPS) is 23.4. The lowest BCUT2D eigenvalue weighted by Crippen LogP contribution is -2.49. The SMILES string of the molecule is N[C@@H]1CCCC[C@H]1NC(=O)c1csc2ccccc12. The smallest absolute Gasteiger partial charge is 0.253 e. The molecule has 3 rings (SSSR count). The van der Waals surface area contributed by atoms with E-state index in [-0.39, 0.29) is 18.0 Å². The van der Waals surface area contributed by atoms with Gasteiger partial charge in [0.25, 0.3) is 5.91 Å². The van der Waals surface area contributed by atoms with Gasteiger partial charge in [0, 0.05) is 27.5 Å². The van der Waals surface area contributed by atoms with Crippen molar-refractivity contribution in [1.82, 2.24) is 5.32 Å². The van der Waals surface area contributed by atoms with Crippen molar-refractivity contribution < 1.29 is 4.79 Å². The Kier molecular flexibility index (Phi) is 3.53. The van der Waals surface area contributed by atoms with Crippen LogP contribution in [0.2, 0.25) is 0 Å². The minimum atomic E-state index is 0.0137. The van der Waals surface area contributed by atoms with Crippen LogP contribution in [0, 0.1) is 0 Å². The number of nitrogens with two attached hydrogens (primary N) is 1. The molecule has 3 N–H and O–H groups in total.